The van der Waals surface area contributed by atoms with E-state index in [9.17, 15) is 0 Å². The van der Waals surface area contributed by atoms with Crippen molar-refractivity contribution in [2.24, 2.45) is 5.92 Å². The summed E-state index contributed by atoms with van der Waals surface area (Å²) in [4.78, 5) is 11.0. The van der Waals surface area contributed by atoms with Gasteiger partial charge < -0.3 is 4.89 Å². The molecule has 1 atom stereocenters. The van der Waals surface area contributed by atoms with Gasteiger partial charge in [-0.3, -0.25) is 0 Å². The van der Waals surface area contributed by atoms with Gasteiger partial charge >= 0.3 is 0 Å². The predicted octanol–water partition coefficient (Wildman–Crippen LogP) is 4.75. The maximum absolute atomic E-state index is 5.63. The molecule has 0 aromatic carbocycles. The second kappa shape index (κ2) is 7.05. The molecule has 1 unspecified atom stereocenters. The Morgan fingerprint density at radius 3 is 2.24 bits per heavy atom. The Balaban J connectivity index is 1.85. The van der Waals surface area contributed by atoms with E-state index in [0.29, 0.717) is 12.0 Å². The van der Waals surface area contributed by atoms with E-state index in [1.807, 2.05) is 0 Å². The van der Waals surface area contributed by atoms with E-state index in [1.54, 1.807) is 0 Å². The monoisotopic (exact) mass is 238 g/mol. The standard InChI is InChI=1S/C15H26O2/c1-13-9-7-8-12-15(17-16-13)14-10-5-3-2-4-6-11-14/h14-15H,1-12H2. The molecule has 17 heavy (non-hydrogen) atoms. The van der Waals surface area contributed by atoms with E-state index in [1.165, 1.54) is 57.8 Å². The molecule has 2 rings (SSSR count). The molecule has 0 aromatic rings. The molecule has 2 nitrogen and oxygen atoms in total. The van der Waals surface area contributed by atoms with Gasteiger partial charge in [0.2, 0.25) is 0 Å². The third-order valence-corrected chi connectivity index (χ3v) is 4.16. The SMILES string of the molecule is C=C1CCCCC(C2CCCCCCC2)OO1. The summed E-state index contributed by atoms with van der Waals surface area (Å²) in [5.41, 5.74) is 0. The Bertz CT molecular complexity index is 229. The molecule has 2 fully saturated rings. The van der Waals surface area contributed by atoms with Gasteiger partial charge in [0.15, 0.2) is 0 Å². The Morgan fingerprint density at radius 2 is 1.47 bits per heavy atom. The molecule has 1 aliphatic carbocycles. The Labute approximate surface area is 105 Å². The van der Waals surface area contributed by atoms with Crippen molar-refractivity contribution in [2.75, 3.05) is 0 Å². The topological polar surface area (TPSA) is 18.5 Å². The van der Waals surface area contributed by atoms with Crippen LogP contribution in [0.25, 0.3) is 0 Å². The fourth-order valence-corrected chi connectivity index (χ4v) is 3.06. The van der Waals surface area contributed by atoms with Gasteiger partial charge in [0.05, 0.1) is 0 Å². The first-order chi connectivity index (χ1) is 8.36. The van der Waals surface area contributed by atoms with E-state index in [0.717, 1.165) is 18.6 Å². The van der Waals surface area contributed by atoms with Crippen molar-refractivity contribution in [2.45, 2.75) is 76.7 Å². The van der Waals surface area contributed by atoms with Crippen LogP contribution in [0, 0.1) is 5.92 Å². The predicted molar refractivity (Wildman–Crippen MR) is 69.4 cm³/mol. The number of hydrogen-bond acceptors (Lipinski definition) is 2. The van der Waals surface area contributed by atoms with Crippen molar-refractivity contribution in [3.63, 3.8) is 0 Å². The fraction of sp³-hybridized carbons (Fsp3) is 0.867. The highest BCUT2D eigenvalue weighted by atomic mass is 17.2. The van der Waals surface area contributed by atoms with Crippen LogP contribution in [0.15, 0.2) is 12.3 Å². The molecule has 98 valence electrons. The number of rotatable bonds is 1. The smallest absolute Gasteiger partial charge is 0.135 e. The van der Waals surface area contributed by atoms with Crippen molar-refractivity contribution >= 4 is 0 Å². The molecule has 0 N–H and O–H groups in total. The average molecular weight is 238 g/mol. The first-order valence-corrected chi connectivity index (χ1v) is 7.37. The van der Waals surface area contributed by atoms with Gasteiger partial charge in [0.1, 0.15) is 11.9 Å². The molecule has 0 amide bonds. The Hall–Kier alpha value is -0.500. The van der Waals surface area contributed by atoms with Crippen molar-refractivity contribution < 1.29 is 9.78 Å². The summed E-state index contributed by atoms with van der Waals surface area (Å²) in [7, 11) is 0. The van der Waals surface area contributed by atoms with Crippen molar-refractivity contribution in [1.29, 1.82) is 0 Å². The van der Waals surface area contributed by atoms with Crippen LogP contribution in [-0.4, -0.2) is 6.10 Å². The van der Waals surface area contributed by atoms with Gasteiger partial charge in [-0.1, -0.05) is 45.1 Å². The zero-order valence-electron chi connectivity index (χ0n) is 11.0. The molecule has 0 radical (unpaired) electrons. The van der Waals surface area contributed by atoms with E-state index in [2.05, 4.69) is 6.58 Å². The van der Waals surface area contributed by atoms with Gasteiger partial charge in [-0.2, -0.15) is 4.89 Å². The third kappa shape index (κ3) is 4.34. The van der Waals surface area contributed by atoms with Crippen LogP contribution in [0.5, 0.6) is 0 Å². The molecule has 1 heterocycles. The van der Waals surface area contributed by atoms with E-state index in [-0.39, 0.29) is 0 Å². The molecule has 2 aliphatic rings. The summed E-state index contributed by atoms with van der Waals surface area (Å²) >= 11 is 0. The molecule has 0 aromatic heterocycles. The Morgan fingerprint density at radius 1 is 0.824 bits per heavy atom. The second-order valence-electron chi connectivity index (χ2n) is 5.61. The van der Waals surface area contributed by atoms with Gasteiger partial charge in [0, 0.05) is 6.42 Å². The lowest BCUT2D eigenvalue weighted by molar-refractivity contribution is -0.312. The van der Waals surface area contributed by atoms with Crippen LogP contribution in [-0.2, 0) is 9.78 Å². The summed E-state index contributed by atoms with van der Waals surface area (Å²) in [6.45, 7) is 3.88. The second-order valence-corrected chi connectivity index (χ2v) is 5.61. The van der Waals surface area contributed by atoms with Crippen molar-refractivity contribution in [3.8, 4) is 0 Å². The highest BCUT2D eigenvalue weighted by Gasteiger charge is 2.25. The molecule has 0 spiro atoms. The number of hydrogen-bond donors (Lipinski definition) is 0. The minimum absolute atomic E-state index is 0.310. The molecule has 2 heteroatoms. The lowest BCUT2D eigenvalue weighted by Gasteiger charge is -2.29. The lowest BCUT2D eigenvalue weighted by Crippen LogP contribution is -2.26. The van der Waals surface area contributed by atoms with E-state index >= 15 is 0 Å². The van der Waals surface area contributed by atoms with Crippen molar-refractivity contribution in [3.05, 3.63) is 12.3 Å². The largest absolute Gasteiger partial charge is 0.342 e. The zero-order valence-corrected chi connectivity index (χ0v) is 11.0. The minimum atomic E-state index is 0.310. The van der Waals surface area contributed by atoms with Gasteiger partial charge in [-0.25, -0.2) is 0 Å². The first kappa shape index (κ1) is 12.9. The summed E-state index contributed by atoms with van der Waals surface area (Å²) in [6.07, 6.45) is 14.5. The maximum Gasteiger partial charge on any atom is 0.135 e. The quantitative estimate of drug-likeness (QED) is 0.614. The fourth-order valence-electron chi connectivity index (χ4n) is 3.06. The number of allylic oxidation sites excluding steroid dienone is 1. The summed E-state index contributed by atoms with van der Waals surface area (Å²) in [5.74, 6) is 1.52. The molecule has 0 bridgehead atoms. The maximum atomic E-state index is 5.63. The summed E-state index contributed by atoms with van der Waals surface area (Å²) in [6, 6.07) is 0. The zero-order chi connectivity index (χ0) is 11.9. The average Bonchev–Trinajstić information content (AvgIpc) is 2.25. The van der Waals surface area contributed by atoms with Gasteiger partial charge in [-0.05, 0) is 31.6 Å². The molecule has 1 saturated heterocycles. The Kier molecular flexibility index (Phi) is 5.37. The summed E-state index contributed by atoms with van der Waals surface area (Å²) in [5, 5.41) is 0. The van der Waals surface area contributed by atoms with Gasteiger partial charge in [-0.15, -0.1) is 0 Å². The van der Waals surface area contributed by atoms with Crippen LogP contribution in [0.2, 0.25) is 0 Å². The van der Waals surface area contributed by atoms with Crippen LogP contribution in [0.4, 0.5) is 0 Å². The van der Waals surface area contributed by atoms with Crippen LogP contribution >= 0.6 is 0 Å². The molecular weight excluding hydrogens is 212 g/mol. The minimum Gasteiger partial charge on any atom is -0.342 e. The first-order valence-electron chi connectivity index (χ1n) is 7.37. The molecular formula is C15H26O2. The highest BCUT2D eigenvalue weighted by Crippen LogP contribution is 2.30. The molecule has 1 aliphatic heterocycles. The van der Waals surface area contributed by atoms with Crippen LogP contribution < -0.4 is 0 Å². The van der Waals surface area contributed by atoms with Crippen molar-refractivity contribution in [1.82, 2.24) is 0 Å². The molecule has 1 saturated carbocycles. The van der Waals surface area contributed by atoms with E-state index in [4.69, 9.17) is 9.78 Å². The normalized spacial score (nSPS) is 29.6. The van der Waals surface area contributed by atoms with Crippen LogP contribution in [0.1, 0.15) is 70.6 Å². The van der Waals surface area contributed by atoms with E-state index < -0.39 is 0 Å². The lowest BCUT2D eigenvalue weighted by atomic mass is 9.85. The summed E-state index contributed by atoms with van der Waals surface area (Å²) < 4.78 is 0. The van der Waals surface area contributed by atoms with Gasteiger partial charge in [0.25, 0.3) is 0 Å². The van der Waals surface area contributed by atoms with Crippen LogP contribution in [0.3, 0.4) is 0 Å². The third-order valence-electron chi connectivity index (χ3n) is 4.16. The highest BCUT2D eigenvalue weighted by molar-refractivity contribution is 4.82.